The largest absolute Gasteiger partial charge is 0.493 e. The van der Waals surface area contributed by atoms with Crippen molar-refractivity contribution in [2.24, 2.45) is 0 Å². The van der Waals surface area contributed by atoms with Crippen LogP contribution in [-0.2, 0) is 0 Å². The van der Waals surface area contributed by atoms with Crippen molar-refractivity contribution in [3.63, 3.8) is 0 Å². The van der Waals surface area contributed by atoms with Gasteiger partial charge in [-0.1, -0.05) is 41.7 Å². The lowest BCUT2D eigenvalue weighted by molar-refractivity contribution is 0.355. The number of hydrogen-bond acceptors (Lipinski definition) is 6. The predicted molar refractivity (Wildman–Crippen MR) is 101 cm³/mol. The Bertz CT molecular complexity index is 1180. The zero-order valence-electron chi connectivity index (χ0n) is 14.2. The second-order valence-electron chi connectivity index (χ2n) is 5.54. The van der Waals surface area contributed by atoms with E-state index in [1.165, 1.54) is 15.7 Å². The topological polar surface area (TPSA) is 65.7 Å². The van der Waals surface area contributed by atoms with E-state index in [4.69, 9.17) is 9.47 Å². The minimum absolute atomic E-state index is 0.136. The van der Waals surface area contributed by atoms with E-state index in [1.54, 1.807) is 26.4 Å². The lowest BCUT2D eigenvalue weighted by Crippen LogP contribution is -2.23. The van der Waals surface area contributed by atoms with Crippen LogP contribution in [0, 0.1) is 0 Å². The fourth-order valence-corrected chi connectivity index (χ4v) is 3.64. The first kappa shape index (κ1) is 16.3. The van der Waals surface area contributed by atoms with Gasteiger partial charge in [-0.25, -0.2) is 4.40 Å². The van der Waals surface area contributed by atoms with Gasteiger partial charge in [0.05, 0.1) is 18.8 Å². The summed E-state index contributed by atoms with van der Waals surface area (Å²) in [7, 11) is 3.14. The summed E-state index contributed by atoms with van der Waals surface area (Å²) in [6, 6.07) is 15.1. The molecule has 6 nitrogen and oxygen atoms in total. The van der Waals surface area contributed by atoms with Crippen molar-refractivity contribution in [3.8, 4) is 22.9 Å². The zero-order valence-corrected chi connectivity index (χ0v) is 15.0. The van der Waals surface area contributed by atoms with Gasteiger partial charge in [-0.05, 0) is 29.8 Å². The number of rotatable bonds is 4. The molecule has 0 amide bonds. The minimum Gasteiger partial charge on any atom is -0.493 e. The van der Waals surface area contributed by atoms with Crippen molar-refractivity contribution in [1.82, 2.24) is 14.6 Å². The molecule has 0 saturated carbocycles. The molecular weight excluding hydrogens is 350 g/mol. The van der Waals surface area contributed by atoms with Gasteiger partial charge >= 0.3 is 0 Å². The maximum Gasteiger partial charge on any atom is 0.276 e. The fraction of sp³-hybridized carbons (Fsp3) is 0.105. The van der Waals surface area contributed by atoms with E-state index in [1.807, 2.05) is 42.5 Å². The molecule has 4 aromatic rings. The molecule has 4 rings (SSSR count). The fourth-order valence-electron chi connectivity index (χ4n) is 2.73. The lowest BCUT2D eigenvalue weighted by Gasteiger charge is -2.08. The standard InChI is InChI=1S/C19H15N3O3S/c1-24-14-9-8-13(11-15(14)25-2)17-20-21-19-22(17)18(23)16(26-19)10-12-6-4-3-5-7-12/h3-11H,1-2H3. The molecule has 0 N–H and O–H groups in total. The number of methoxy groups -OCH3 is 2. The molecule has 0 aliphatic heterocycles. The normalized spacial score (nSPS) is 11.8. The Morgan fingerprint density at radius 1 is 1.00 bits per heavy atom. The highest BCUT2D eigenvalue weighted by molar-refractivity contribution is 7.15. The van der Waals surface area contributed by atoms with Crippen LogP contribution >= 0.6 is 11.3 Å². The molecule has 26 heavy (non-hydrogen) atoms. The van der Waals surface area contributed by atoms with E-state index in [-0.39, 0.29) is 5.56 Å². The summed E-state index contributed by atoms with van der Waals surface area (Å²) < 4.78 is 12.7. The molecule has 0 saturated heterocycles. The molecule has 2 aromatic heterocycles. The number of ether oxygens (including phenoxy) is 2. The van der Waals surface area contributed by atoms with Crippen molar-refractivity contribution >= 4 is 22.4 Å². The molecular formula is C19H15N3O3S. The van der Waals surface area contributed by atoms with Gasteiger partial charge in [0.15, 0.2) is 17.3 Å². The SMILES string of the molecule is COc1ccc(-c2nnc3sc(=Cc4ccccc4)c(=O)n23)cc1OC. The molecule has 0 bridgehead atoms. The second-order valence-corrected chi connectivity index (χ2v) is 6.55. The Kier molecular flexibility index (Phi) is 4.14. The van der Waals surface area contributed by atoms with Gasteiger partial charge in [0, 0.05) is 5.56 Å². The van der Waals surface area contributed by atoms with Gasteiger partial charge in [0.2, 0.25) is 4.96 Å². The molecule has 2 aromatic carbocycles. The summed E-state index contributed by atoms with van der Waals surface area (Å²) in [6.45, 7) is 0. The number of hydrogen-bond donors (Lipinski definition) is 0. The molecule has 0 radical (unpaired) electrons. The van der Waals surface area contributed by atoms with Crippen LogP contribution in [0.3, 0.4) is 0 Å². The van der Waals surface area contributed by atoms with Crippen molar-refractivity contribution in [2.75, 3.05) is 14.2 Å². The zero-order chi connectivity index (χ0) is 18.1. The highest BCUT2D eigenvalue weighted by Gasteiger charge is 2.16. The van der Waals surface area contributed by atoms with Gasteiger partial charge in [-0.15, -0.1) is 10.2 Å². The van der Waals surface area contributed by atoms with Crippen LogP contribution in [0.2, 0.25) is 0 Å². The third-order valence-electron chi connectivity index (χ3n) is 3.99. The third kappa shape index (κ3) is 2.72. The summed E-state index contributed by atoms with van der Waals surface area (Å²) >= 11 is 1.32. The minimum atomic E-state index is -0.136. The summed E-state index contributed by atoms with van der Waals surface area (Å²) in [5.41, 5.74) is 1.56. The maximum absolute atomic E-state index is 12.9. The van der Waals surface area contributed by atoms with E-state index in [0.717, 1.165) is 11.1 Å². The smallest absolute Gasteiger partial charge is 0.276 e. The van der Waals surface area contributed by atoms with Crippen molar-refractivity contribution in [3.05, 3.63) is 69.0 Å². The molecule has 0 atom stereocenters. The Morgan fingerprint density at radius 3 is 2.50 bits per heavy atom. The first-order valence-corrected chi connectivity index (χ1v) is 8.70. The Hall–Kier alpha value is -3.19. The summed E-state index contributed by atoms with van der Waals surface area (Å²) in [5, 5.41) is 8.33. The highest BCUT2D eigenvalue weighted by Crippen LogP contribution is 2.31. The van der Waals surface area contributed by atoms with E-state index < -0.39 is 0 Å². The van der Waals surface area contributed by atoms with Crippen molar-refractivity contribution in [1.29, 1.82) is 0 Å². The summed E-state index contributed by atoms with van der Waals surface area (Å²) in [6.07, 6.45) is 1.86. The van der Waals surface area contributed by atoms with Gasteiger partial charge < -0.3 is 9.47 Å². The van der Waals surface area contributed by atoms with E-state index in [2.05, 4.69) is 10.2 Å². The van der Waals surface area contributed by atoms with Crippen LogP contribution in [0.5, 0.6) is 11.5 Å². The molecule has 2 heterocycles. The number of thiazole rings is 1. The van der Waals surface area contributed by atoms with Crippen LogP contribution in [0.15, 0.2) is 53.3 Å². The Morgan fingerprint density at radius 2 is 1.77 bits per heavy atom. The van der Waals surface area contributed by atoms with Crippen molar-refractivity contribution < 1.29 is 9.47 Å². The van der Waals surface area contributed by atoms with Gasteiger partial charge in [-0.3, -0.25) is 4.79 Å². The number of nitrogens with zero attached hydrogens (tertiary/aromatic N) is 3. The van der Waals surface area contributed by atoms with Crippen LogP contribution < -0.4 is 19.6 Å². The van der Waals surface area contributed by atoms with E-state index in [9.17, 15) is 4.79 Å². The maximum atomic E-state index is 12.9. The predicted octanol–water partition coefficient (Wildman–Crippen LogP) is 2.38. The monoisotopic (exact) mass is 365 g/mol. The second kappa shape index (κ2) is 6.61. The number of aromatic nitrogens is 3. The number of benzene rings is 2. The van der Waals surface area contributed by atoms with E-state index >= 15 is 0 Å². The van der Waals surface area contributed by atoms with Gasteiger partial charge in [-0.2, -0.15) is 0 Å². The van der Waals surface area contributed by atoms with Crippen LogP contribution in [-0.4, -0.2) is 28.8 Å². The summed E-state index contributed by atoms with van der Waals surface area (Å²) in [4.78, 5) is 13.4. The summed E-state index contributed by atoms with van der Waals surface area (Å²) in [5.74, 6) is 1.66. The lowest BCUT2D eigenvalue weighted by atomic mass is 10.2. The molecule has 0 aliphatic rings. The van der Waals surface area contributed by atoms with Crippen molar-refractivity contribution in [2.45, 2.75) is 0 Å². The Labute approximate surface area is 153 Å². The number of fused-ring (bicyclic) bond motifs is 1. The first-order chi connectivity index (χ1) is 12.7. The quantitative estimate of drug-likeness (QED) is 0.556. The molecule has 0 fully saturated rings. The van der Waals surface area contributed by atoms with Crippen LogP contribution in [0.25, 0.3) is 22.4 Å². The highest BCUT2D eigenvalue weighted by atomic mass is 32.1. The van der Waals surface area contributed by atoms with Gasteiger partial charge in [0.25, 0.3) is 5.56 Å². The molecule has 0 spiro atoms. The third-order valence-corrected chi connectivity index (χ3v) is 4.95. The molecule has 0 unspecified atom stereocenters. The van der Waals surface area contributed by atoms with Crippen LogP contribution in [0.1, 0.15) is 5.56 Å². The van der Waals surface area contributed by atoms with Gasteiger partial charge in [0.1, 0.15) is 0 Å². The van der Waals surface area contributed by atoms with E-state index in [0.29, 0.717) is 26.8 Å². The van der Waals surface area contributed by atoms with Crippen LogP contribution in [0.4, 0.5) is 0 Å². The Balaban J connectivity index is 1.88. The molecule has 130 valence electrons. The average molecular weight is 365 g/mol. The molecule has 0 aliphatic carbocycles. The average Bonchev–Trinajstić information content (AvgIpc) is 3.22. The first-order valence-electron chi connectivity index (χ1n) is 7.88. The molecule has 7 heteroatoms.